The highest BCUT2D eigenvalue weighted by Crippen LogP contribution is 2.19. The lowest BCUT2D eigenvalue weighted by Crippen LogP contribution is -2.29. The topological polar surface area (TPSA) is 41.3 Å². The van der Waals surface area contributed by atoms with Crippen molar-refractivity contribution in [1.82, 2.24) is 4.90 Å². The molecule has 1 aromatic carbocycles. The van der Waals surface area contributed by atoms with Gasteiger partial charge in [0.25, 0.3) is 0 Å². The SMILES string of the molecule is CCCN(CC)CCNc1cc(C)ccc1N. The molecule has 0 saturated carbocycles. The molecular formula is C14H25N3. The number of nitrogens with zero attached hydrogens (tertiary/aromatic N) is 1. The van der Waals surface area contributed by atoms with Crippen molar-refractivity contribution in [3.63, 3.8) is 0 Å². The predicted octanol–water partition coefficient (Wildman–Crippen LogP) is 2.72. The van der Waals surface area contributed by atoms with E-state index >= 15 is 0 Å². The first-order valence-electron chi connectivity index (χ1n) is 6.49. The van der Waals surface area contributed by atoms with E-state index in [2.05, 4.69) is 37.1 Å². The molecule has 0 aromatic heterocycles. The van der Waals surface area contributed by atoms with Crippen molar-refractivity contribution in [2.75, 3.05) is 37.2 Å². The zero-order chi connectivity index (χ0) is 12.7. The van der Waals surface area contributed by atoms with Gasteiger partial charge in [-0.3, -0.25) is 0 Å². The van der Waals surface area contributed by atoms with E-state index in [0.29, 0.717) is 0 Å². The van der Waals surface area contributed by atoms with Gasteiger partial charge in [-0.1, -0.05) is 19.9 Å². The molecule has 3 nitrogen and oxygen atoms in total. The molecule has 0 spiro atoms. The van der Waals surface area contributed by atoms with E-state index in [-0.39, 0.29) is 0 Å². The lowest BCUT2D eigenvalue weighted by atomic mass is 10.2. The first kappa shape index (κ1) is 13.8. The number of benzene rings is 1. The molecule has 3 heteroatoms. The highest BCUT2D eigenvalue weighted by molar-refractivity contribution is 5.66. The van der Waals surface area contributed by atoms with Gasteiger partial charge in [-0.2, -0.15) is 0 Å². The molecule has 1 rings (SSSR count). The molecule has 96 valence electrons. The number of nitrogen functional groups attached to an aromatic ring is 1. The molecule has 0 fully saturated rings. The van der Waals surface area contributed by atoms with Crippen LogP contribution < -0.4 is 11.1 Å². The Labute approximate surface area is 105 Å². The summed E-state index contributed by atoms with van der Waals surface area (Å²) in [5.41, 5.74) is 9.04. The van der Waals surface area contributed by atoms with Gasteiger partial charge >= 0.3 is 0 Å². The molecule has 0 atom stereocenters. The van der Waals surface area contributed by atoms with Crippen LogP contribution in [0.5, 0.6) is 0 Å². The van der Waals surface area contributed by atoms with Crippen LogP contribution >= 0.6 is 0 Å². The normalized spacial score (nSPS) is 10.8. The molecule has 0 aliphatic carbocycles. The van der Waals surface area contributed by atoms with Crippen LogP contribution in [-0.4, -0.2) is 31.1 Å². The molecule has 0 aliphatic rings. The van der Waals surface area contributed by atoms with Crippen molar-refractivity contribution in [2.24, 2.45) is 0 Å². The summed E-state index contributed by atoms with van der Waals surface area (Å²) in [4.78, 5) is 2.44. The van der Waals surface area contributed by atoms with Gasteiger partial charge in [0.05, 0.1) is 11.4 Å². The van der Waals surface area contributed by atoms with E-state index < -0.39 is 0 Å². The molecule has 17 heavy (non-hydrogen) atoms. The van der Waals surface area contributed by atoms with Gasteiger partial charge < -0.3 is 16.0 Å². The van der Waals surface area contributed by atoms with Crippen LogP contribution in [0.4, 0.5) is 11.4 Å². The zero-order valence-electron chi connectivity index (χ0n) is 11.3. The standard InChI is InChI=1S/C14H25N3/c1-4-9-17(5-2)10-8-16-14-11-12(3)6-7-13(14)15/h6-7,11,16H,4-5,8-10,15H2,1-3H3. The fourth-order valence-electron chi connectivity index (χ4n) is 1.92. The number of likely N-dealkylation sites (N-methyl/N-ethyl adjacent to an activating group) is 1. The van der Waals surface area contributed by atoms with Crippen LogP contribution in [0, 0.1) is 6.92 Å². The van der Waals surface area contributed by atoms with Gasteiger partial charge in [0.1, 0.15) is 0 Å². The number of aryl methyl sites for hydroxylation is 1. The molecule has 0 aliphatic heterocycles. The maximum Gasteiger partial charge on any atom is 0.0577 e. The van der Waals surface area contributed by atoms with Gasteiger partial charge in [-0.05, 0) is 44.1 Å². The Bertz CT molecular complexity index is 336. The maximum atomic E-state index is 5.92. The summed E-state index contributed by atoms with van der Waals surface area (Å²) in [7, 11) is 0. The average molecular weight is 235 g/mol. The van der Waals surface area contributed by atoms with Gasteiger partial charge in [0.2, 0.25) is 0 Å². The Morgan fingerprint density at radius 1 is 1.24 bits per heavy atom. The fourth-order valence-corrected chi connectivity index (χ4v) is 1.92. The third kappa shape index (κ3) is 4.65. The Morgan fingerprint density at radius 3 is 2.65 bits per heavy atom. The summed E-state index contributed by atoms with van der Waals surface area (Å²) in [6.07, 6.45) is 1.21. The van der Waals surface area contributed by atoms with E-state index in [1.807, 2.05) is 12.1 Å². The molecule has 1 aromatic rings. The van der Waals surface area contributed by atoms with Gasteiger partial charge in [0, 0.05) is 13.1 Å². The van der Waals surface area contributed by atoms with Gasteiger partial charge in [-0.25, -0.2) is 0 Å². The van der Waals surface area contributed by atoms with E-state index in [4.69, 9.17) is 5.73 Å². The molecule has 0 heterocycles. The summed E-state index contributed by atoms with van der Waals surface area (Å²) in [6.45, 7) is 10.8. The van der Waals surface area contributed by atoms with Crippen molar-refractivity contribution in [3.05, 3.63) is 23.8 Å². The minimum atomic E-state index is 0.828. The first-order chi connectivity index (χ1) is 8.17. The molecule has 0 amide bonds. The summed E-state index contributed by atoms with van der Waals surface area (Å²) in [5.74, 6) is 0. The number of anilines is 2. The van der Waals surface area contributed by atoms with Crippen molar-refractivity contribution in [3.8, 4) is 0 Å². The van der Waals surface area contributed by atoms with Crippen LogP contribution in [0.1, 0.15) is 25.8 Å². The van der Waals surface area contributed by atoms with Gasteiger partial charge in [0.15, 0.2) is 0 Å². The minimum absolute atomic E-state index is 0.828. The smallest absolute Gasteiger partial charge is 0.0577 e. The quantitative estimate of drug-likeness (QED) is 0.714. The van der Waals surface area contributed by atoms with Crippen molar-refractivity contribution >= 4 is 11.4 Å². The molecule has 0 unspecified atom stereocenters. The fraction of sp³-hybridized carbons (Fsp3) is 0.571. The molecular weight excluding hydrogens is 210 g/mol. The molecule has 3 N–H and O–H groups in total. The van der Waals surface area contributed by atoms with E-state index in [1.165, 1.54) is 18.5 Å². The Hall–Kier alpha value is -1.22. The zero-order valence-corrected chi connectivity index (χ0v) is 11.3. The highest BCUT2D eigenvalue weighted by atomic mass is 15.1. The molecule has 0 saturated heterocycles. The largest absolute Gasteiger partial charge is 0.397 e. The van der Waals surface area contributed by atoms with Gasteiger partial charge in [-0.15, -0.1) is 0 Å². The summed E-state index contributed by atoms with van der Waals surface area (Å²) in [5, 5.41) is 3.41. The number of nitrogens with one attached hydrogen (secondary N) is 1. The number of rotatable bonds is 7. The summed E-state index contributed by atoms with van der Waals surface area (Å²) in [6, 6.07) is 6.10. The third-order valence-electron chi connectivity index (χ3n) is 2.94. The number of hydrogen-bond acceptors (Lipinski definition) is 3. The van der Waals surface area contributed by atoms with E-state index in [9.17, 15) is 0 Å². The van der Waals surface area contributed by atoms with Crippen LogP contribution in [0.15, 0.2) is 18.2 Å². The second-order valence-electron chi connectivity index (χ2n) is 4.45. The van der Waals surface area contributed by atoms with Crippen molar-refractivity contribution in [1.29, 1.82) is 0 Å². The summed E-state index contributed by atoms with van der Waals surface area (Å²) >= 11 is 0. The molecule has 0 bridgehead atoms. The highest BCUT2D eigenvalue weighted by Gasteiger charge is 2.02. The summed E-state index contributed by atoms with van der Waals surface area (Å²) < 4.78 is 0. The predicted molar refractivity (Wildman–Crippen MR) is 76.5 cm³/mol. The lowest BCUT2D eigenvalue weighted by molar-refractivity contribution is 0.300. The van der Waals surface area contributed by atoms with Crippen LogP contribution in [-0.2, 0) is 0 Å². The number of hydrogen-bond donors (Lipinski definition) is 2. The lowest BCUT2D eigenvalue weighted by Gasteiger charge is -2.20. The second kappa shape index (κ2) is 7.17. The Balaban J connectivity index is 2.42. The molecule has 0 radical (unpaired) electrons. The Morgan fingerprint density at radius 2 is 2.00 bits per heavy atom. The Kier molecular flexibility index (Phi) is 5.84. The second-order valence-corrected chi connectivity index (χ2v) is 4.45. The monoisotopic (exact) mass is 235 g/mol. The minimum Gasteiger partial charge on any atom is -0.397 e. The third-order valence-corrected chi connectivity index (χ3v) is 2.94. The number of nitrogens with two attached hydrogens (primary N) is 1. The first-order valence-corrected chi connectivity index (χ1v) is 6.49. The van der Waals surface area contributed by atoms with Crippen LogP contribution in [0.3, 0.4) is 0 Å². The van der Waals surface area contributed by atoms with Crippen LogP contribution in [0.25, 0.3) is 0 Å². The van der Waals surface area contributed by atoms with Crippen molar-refractivity contribution < 1.29 is 0 Å². The van der Waals surface area contributed by atoms with Crippen molar-refractivity contribution in [2.45, 2.75) is 27.2 Å². The maximum absolute atomic E-state index is 5.92. The average Bonchev–Trinajstić information content (AvgIpc) is 2.32. The van der Waals surface area contributed by atoms with Crippen LogP contribution in [0.2, 0.25) is 0 Å². The van der Waals surface area contributed by atoms with E-state index in [1.54, 1.807) is 0 Å². The van der Waals surface area contributed by atoms with E-state index in [0.717, 1.165) is 31.0 Å².